The average molecular weight is 297 g/mol. The molecule has 0 spiro atoms. The quantitative estimate of drug-likeness (QED) is 0.913. The molecule has 3 nitrogen and oxygen atoms in total. The van der Waals surface area contributed by atoms with E-state index < -0.39 is 0 Å². The molecule has 0 atom stereocenters. The van der Waals surface area contributed by atoms with Gasteiger partial charge in [-0.3, -0.25) is 4.90 Å². The zero-order valence-corrected chi connectivity index (χ0v) is 13.4. The zero-order chi connectivity index (χ0) is 14.8. The van der Waals surface area contributed by atoms with E-state index in [-0.39, 0.29) is 0 Å². The van der Waals surface area contributed by atoms with Gasteiger partial charge in [0.1, 0.15) is 5.65 Å². The Morgan fingerprint density at radius 3 is 2.59 bits per heavy atom. The minimum Gasteiger partial charge on any atom is -0.346 e. The Kier molecular flexibility index (Phi) is 4.15. The van der Waals surface area contributed by atoms with Crippen molar-refractivity contribution in [2.45, 2.75) is 51.5 Å². The van der Waals surface area contributed by atoms with Gasteiger partial charge in [-0.05, 0) is 55.5 Å². The number of hydrogen-bond acceptors (Lipinski definition) is 2. The van der Waals surface area contributed by atoms with Crippen LogP contribution in [-0.2, 0) is 6.54 Å². The normalized spacial score (nSPS) is 22.4. The van der Waals surface area contributed by atoms with Gasteiger partial charge in [-0.1, -0.05) is 32.1 Å². The van der Waals surface area contributed by atoms with E-state index >= 15 is 0 Å². The van der Waals surface area contributed by atoms with Crippen molar-refractivity contribution in [3.8, 4) is 0 Å². The lowest BCUT2D eigenvalue weighted by Gasteiger charge is -2.37. The van der Waals surface area contributed by atoms with E-state index in [2.05, 4.69) is 27.0 Å². The number of nitrogens with one attached hydrogen (secondary N) is 1. The Morgan fingerprint density at radius 1 is 1.00 bits per heavy atom. The number of piperidine rings is 1. The summed E-state index contributed by atoms with van der Waals surface area (Å²) in [5.74, 6) is 2.04. The van der Waals surface area contributed by atoms with Crippen LogP contribution >= 0.6 is 0 Å². The maximum atomic E-state index is 4.39. The fraction of sp³-hybridized carbons (Fsp3) is 0.632. The number of pyridine rings is 1. The SMILES string of the molecule is c1cc(CN2CCC(C3CCCCC3)CC2)c2cc[nH]c2n1. The molecule has 0 amide bonds. The molecule has 0 radical (unpaired) electrons. The lowest BCUT2D eigenvalue weighted by molar-refractivity contribution is 0.123. The van der Waals surface area contributed by atoms with Gasteiger partial charge < -0.3 is 4.98 Å². The maximum Gasteiger partial charge on any atom is 0.137 e. The van der Waals surface area contributed by atoms with Crippen LogP contribution in [0.5, 0.6) is 0 Å². The van der Waals surface area contributed by atoms with Crippen molar-refractivity contribution in [1.29, 1.82) is 0 Å². The van der Waals surface area contributed by atoms with Gasteiger partial charge in [-0.15, -0.1) is 0 Å². The van der Waals surface area contributed by atoms with E-state index in [1.165, 1.54) is 69.0 Å². The van der Waals surface area contributed by atoms with Crippen molar-refractivity contribution in [2.24, 2.45) is 11.8 Å². The summed E-state index contributed by atoms with van der Waals surface area (Å²) in [5, 5.41) is 1.29. The molecule has 0 bridgehead atoms. The van der Waals surface area contributed by atoms with Crippen molar-refractivity contribution in [3.05, 3.63) is 30.1 Å². The number of nitrogens with zero attached hydrogens (tertiary/aromatic N) is 2. The molecule has 2 aliphatic rings. The van der Waals surface area contributed by atoms with Crippen LogP contribution in [0.4, 0.5) is 0 Å². The number of hydrogen-bond donors (Lipinski definition) is 1. The molecule has 118 valence electrons. The van der Waals surface area contributed by atoms with Gasteiger partial charge >= 0.3 is 0 Å². The van der Waals surface area contributed by atoms with Gasteiger partial charge in [0.25, 0.3) is 0 Å². The highest BCUT2D eigenvalue weighted by Crippen LogP contribution is 2.35. The Morgan fingerprint density at radius 2 is 1.77 bits per heavy atom. The number of likely N-dealkylation sites (tertiary alicyclic amines) is 1. The Hall–Kier alpha value is -1.35. The molecule has 2 aromatic heterocycles. The first-order chi connectivity index (χ1) is 10.9. The molecule has 22 heavy (non-hydrogen) atoms. The van der Waals surface area contributed by atoms with Crippen LogP contribution in [0.3, 0.4) is 0 Å². The summed E-state index contributed by atoms with van der Waals surface area (Å²) in [6, 6.07) is 4.34. The minimum absolute atomic E-state index is 1.00. The summed E-state index contributed by atoms with van der Waals surface area (Å²) < 4.78 is 0. The van der Waals surface area contributed by atoms with Crippen molar-refractivity contribution < 1.29 is 0 Å². The van der Waals surface area contributed by atoms with Crippen LogP contribution in [0, 0.1) is 11.8 Å². The molecule has 1 saturated carbocycles. The van der Waals surface area contributed by atoms with Gasteiger partial charge in [0.2, 0.25) is 0 Å². The zero-order valence-electron chi connectivity index (χ0n) is 13.4. The van der Waals surface area contributed by atoms with Crippen molar-refractivity contribution in [2.75, 3.05) is 13.1 Å². The predicted molar refractivity (Wildman–Crippen MR) is 90.7 cm³/mol. The number of aromatic amines is 1. The summed E-state index contributed by atoms with van der Waals surface area (Å²) in [6.45, 7) is 3.62. The molecule has 0 aromatic carbocycles. The third kappa shape index (κ3) is 2.91. The molecular formula is C19H27N3. The van der Waals surface area contributed by atoms with E-state index in [1.807, 2.05) is 12.4 Å². The highest BCUT2D eigenvalue weighted by molar-refractivity contribution is 5.79. The molecule has 1 N–H and O–H groups in total. The lowest BCUT2D eigenvalue weighted by atomic mass is 9.76. The summed E-state index contributed by atoms with van der Waals surface area (Å²) >= 11 is 0. The van der Waals surface area contributed by atoms with Crippen molar-refractivity contribution in [3.63, 3.8) is 0 Å². The summed E-state index contributed by atoms with van der Waals surface area (Å²) in [6.07, 6.45) is 14.2. The number of aromatic nitrogens is 2. The highest BCUT2D eigenvalue weighted by atomic mass is 15.1. The summed E-state index contributed by atoms with van der Waals surface area (Å²) in [7, 11) is 0. The van der Waals surface area contributed by atoms with Crippen LogP contribution in [0.25, 0.3) is 11.0 Å². The fourth-order valence-electron chi connectivity index (χ4n) is 4.58. The van der Waals surface area contributed by atoms with Gasteiger partial charge in [0.15, 0.2) is 0 Å². The topological polar surface area (TPSA) is 31.9 Å². The summed E-state index contributed by atoms with van der Waals surface area (Å²) in [4.78, 5) is 10.3. The smallest absolute Gasteiger partial charge is 0.137 e. The van der Waals surface area contributed by atoms with Gasteiger partial charge in [-0.2, -0.15) is 0 Å². The molecule has 2 aromatic rings. The molecule has 4 rings (SSSR count). The van der Waals surface area contributed by atoms with E-state index in [4.69, 9.17) is 0 Å². The number of fused-ring (bicyclic) bond motifs is 1. The van der Waals surface area contributed by atoms with Crippen LogP contribution < -0.4 is 0 Å². The largest absolute Gasteiger partial charge is 0.346 e. The predicted octanol–water partition coefficient (Wildman–Crippen LogP) is 4.36. The monoisotopic (exact) mass is 297 g/mol. The molecule has 3 heterocycles. The third-order valence-electron chi connectivity index (χ3n) is 5.89. The Labute approximate surface area is 133 Å². The maximum absolute atomic E-state index is 4.39. The first-order valence-electron chi connectivity index (χ1n) is 9.03. The second kappa shape index (κ2) is 6.41. The van der Waals surface area contributed by atoms with E-state index in [0.717, 1.165) is 24.0 Å². The number of H-pyrrole nitrogens is 1. The van der Waals surface area contributed by atoms with Crippen LogP contribution in [-0.4, -0.2) is 28.0 Å². The highest BCUT2D eigenvalue weighted by Gasteiger charge is 2.27. The first-order valence-corrected chi connectivity index (χ1v) is 9.03. The molecule has 1 saturated heterocycles. The van der Waals surface area contributed by atoms with Crippen molar-refractivity contribution >= 4 is 11.0 Å². The average Bonchev–Trinajstić information content (AvgIpc) is 3.06. The lowest BCUT2D eigenvalue weighted by Crippen LogP contribution is -2.36. The van der Waals surface area contributed by atoms with Crippen LogP contribution in [0.2, 0.25) is 0 Å². The summed E-state index contributed by atoms with van der Waals surface area (Å²) in [5.41, 5.74) is 2.44. The van der Waals surface area contributed by atoms with Crippen molar-refractivity contribution in [1.82, 2.24) is 14.9 Å². The van der Waals surface area contributed by atoms with E-state index in [0.29, 0.717) is 0 Å². The second-order valence-electron chi connectivity index (χ2n) is 7.22. The molecule has 1 aliphatic heterocycles. The molecule has 2 fully saturated rings. The Balaban J connectivity index is 1.36. The third-order valence-corrected chi connectivity index (χ3v) is 5.89. The number of rotatable bonds is 3. The standard InChI is InChI=1S/C19H27N3/c1-2-4-15(5-3-1)16-8-12-22(13-9-16)14-17-6-10-20-19-18(17)7-11-21-19/h6-7,10-11,15-16H,1-5,8-9,12-14H2,(H,20,21). The van der Waals surface area contributed by atoms with E-state index in [1.54, 1.807) is 0 Å². The molecule has 1 aliphatic carbocycles. The Bertz CT molecular complexity index is 604. The minimum atomic E-state index is 1.00. The van der Waals surface area contributed by atoms with Gasteiger partial charge in [0, 0.05) is 24.3 Å². The molecular weight excluding hydrogens is 270 g/mol. The molecule has 3 heteroatoms. The van der Waals surface area contributed by atoms with E-state index in [9.17, 15) is 0 Å². The second-order valence-corrected chi connectivity index (χ2v) is 7.22. The fourth-order valence-corrected chi connectivity index (χ4v) is 4.58. The first kappa shape index (κ1) is 14.3. The van der Waals surface area contributed by atoms with Gasteiger partial charge in [0.05, 0.1) is 0 Å². The molecule has 0 unspecified atom stereocenters. The van der Waals surface area contributed by atoms with Gasteiger partial charge in [-0.25, -0.2) is 4.98 Å². The van der Waals surface area contributed by atoms with Crippen LogP contribution in [0.1, 0.15) is 50.5 Å². The van der Waals surface area contributed by atoms with Crippen LogP contribution in [0.15, 0.2) is 24.5 Å².